The maximum absolute atomic E-state index is 3.84. The molecule has 0 bridgehead atoms. The van der Waals surface area contributed by atoms with Gasteiger partial charge in [0.15, 0.2) is 0 Å². The van der Waals surface area contributed by atoms with Gasteiger partial charge in [0.05, 0.1) is 0 Å². The Labute approximate surface area is 80.7 Å². The van der Waals surface area contributed by atoms with Crippen molar-refractivity contribution in [2.45, 2.75) is 6.92 Å². The van der Waals surface area contributed by atoms with Gasteiger partial charge in [-0.3, -0.25) is 5.43 Å². The van der Waals surface area contributed by atoms with Crippen molar-refractivity contribution in [3.05, 3.63) is 12.3 Å². The van der Waals surface area contributed by atoms with Crippen LogP contribution in [0.1, 0.15) is 6.92 Å². The van der Waals surface area contributed by atoms with Gasteiger partial charge in [0.25, 0.3) is 0 Å². The largest absolute Gasteiger partial charge is 0.318 e. The minimum atomic E-state index is 0.938. The molecule has 0 radical (unpaired) electrons. The van der Waals surface area contributed by atoms with Gasteiger partial charge in [0.1, 0.15) is 0 Å². The molecular weight excluding hydrogens is 164 g/mol. The van der Waals surface area contributed by atoms with Crippen LogP contribution in [0.4, 0.5) is 0 Å². The van der Waals surface area contributed by atoms with Crippen molar-refractivity contribution < 1.29 is 0 Å². The van der Waals surface area contributed by atoms with Crippen molar-refractivity contribution in [1.82, 2.24) is 15.6 Å². The highest BCUT2D eigenvalue weighted by Gasteiger charge is 1.91. The summed E-state index contributed by atoms with van der Waals surface area (Å²) in [4.78, 5) is 2.23. The molecule has 4 heteroatoms. The fourth-order valence-corrected chi connectivity index (χ4v) is 0.797. The molecule has 0 rings (SSSR count). The van der Waals surface area contributed by atoms with Crippen LogP contribution in [0.2, 0.25) is 0 Å². The highest BCUT2D eigenvalue weighted by atomic mass is 15.3. The van der Waals surface area contributed by atoms with Gasteiger partial charge in [-0.25, -0.2) is 0 Å². The lowest BCUT2D eigenvalue weighted by atomic mass is 10.5. The quantitative estimate of drug-likeness (QED) is 0.440. The summed E-state index contributed by atoms with van der Waals surface area (Å²) in [6.07, 6.45) is 5.60. The Morgan fingerprint density at radius 3 is 2.85 bits per heavy atom. The van der Waals surface area contributed by atoms with Crippen LogP contribution in [0.15, 0.2) is 17.4 Å². The molecule has 0 aliphatic rings. The molecule has 0 aromatic rings. The Hall–Kier alpha value is -0.870. The van der Waals surface area contributed by atoms with Gasteiger partial charge in [-0.05, 0) is 21.0 Å². The average molecular weight is 184 g/mol. The number of hydrogen-bond acceptors (Lipinski definition) is 4. The predicted octanol–water partition coefficient (Wildman–Crippen LogP) is 0.247. The molecule has 0 heterocycles. The molecule has 0 amide bonds. The van der Waals surface area contributed by atoms with E-state index < -0.39 is 0 Å². The number of likely N-dealkylation sites (N-methyl/N-ethyl adjacent to an activating group) is 2. The van der Waals surface area contributed by atoms with Gasteiger partial charge in [0.2, 0.25) is 0 Å². The van der Waals surface area contributed by atoms with E-state index in [2.05, 4.69) is 27.8 Å². The Morgan fingerprint density at radius 1 is 1.46 bits per heavy atom. The van der Waals surface area contributed by atoms with E-state index >= 15 is 0 Å². The van der Waals surface area contributed by atoms with Gasteiger partial charge in [-0.15, -0.1) is 0 Å². The third-order valence-corrected chi connectivity index (χ3v) is 1.56. The van der Waals surface area contributed by atoms with Crippen LogP contribution in [-0.2, 0) is 0 Å². The molecule has 0 spiro atoms. The topological polar surface area (TPSA) is 39.7 Å². The molecule has 0 unspecified atom stereocenters. The molecule has 0 saturated carbocycles. The van der Waals surface area contributed by atoms with Crippen LogP contribution in [0.5, 0.6) is 0 Å². The Morgan fingerprint density at radius 2 is 2.23 bits per heavy atom. The molecule has 2 N–H and O–H groups in total. The second kappa shape index (κ2) is 9.22. The SMILES string of the molecule is C/C=N/N/C=C/CN(C)CCNC. The number of rotatable bonds is 7. The third kappa shape index (κ3) is 9.04. The monoisotopic (exact) mass is 184 g/mol. The number of hydrogen-bond donors (Lipinski definition) is 2. The van der Waals surface area contributed by atoms with E-state index in [-0.39, 0.29) is 0 Å². The van der Waals surface area contributed by atoms with Crippen LogP contribution in [0.3, 0.4) is 0 Å². The molecule has 76 valence electrons. The molecule has 0 fully saturated rings. The van der Waals surface area contributed by atoms with Crippen molar-refractivity contribution in [1.29, 1.82) is 0 Å². The van der Waals surface area contributed by atoms with Gasteiger partial charge < -0.3 is 10.2 Å². The second-order valence-corrected chi connectivity index (χ2v) is 2.78. The van der Waals surface area contributed by atoms with Crippen molar-refractivity contribution in [2.24, 2.45) is 5.10 Å². The van der Waals surface area contributed by atoms with Crippen molar-refractivity contribution in [2.75, 3.05) is 33.7 Å². The normalized spacial score (nSPS) is 12.0. The van der Waals surface area contributed by atoms with Crippen molar-refractivity contribution in [3.8, 4) is 0 Å². The zero-order valence-corrected chi connectivity index (χ0v) is 8.75. The van der Waals surface area contributed by atoms with Crippen molar-refractivity contribution >= 4 is 6.21 Å². The highest BCUT2D eigenvalue weighted by Crippen LogP contribution is 1.80. The van der Waals surface area contributed by atoms with Gasteiger partial charge in [-0.1, -0.05) is 6.08 Å². The summed E-state index contributed by atoms with van der Waals surface area (Å²) in [5.74, 6) is 0. The minimum Gasteiger partial charge on any atom is -0.318 e. The van der Waals surface area contributed by atoms with Crippen LogP contribution in [0, 0.1) is 0 Å². The average Bonchev–Trinajstić information content (AvgIpc) is 2.14. The summed E-state index contributed by atoms with van der Waals surface area (Å²) >= 11 is 0. The molecule has 0 aliphatic carbocycles. The second-order valence-electron chi connectivity index (χ2n) is 2.78. The van der Waals surface area contributed by atoms with Crippen LogP contribution in [-0.4, -0.2) is 44.8 Å². The maximum atomic E-state index is 3.84. The lowest BCUT2D eigenvalue weighted by Gasteiger charge is -2.12. The molecule has 4 nitrogen and oxygen atoms in total. The minimum absolute atomic E-state index is 0.938. The first-order chi connectivity index (χ1) is 6.31. The summed E-state index contributed by atoms with van der Waals surface area (Å²) in [5.41, 5.74) is 2.79. The smallest absolute Gasteiger partial charge is 0.0215 e. The lowest BCUT2D eigenvalue weighted by Crippen LogP contribution is -2.27. The summed E-state index contributed by atoms with van der Waals surface area (Å²) in [7, 11) is 4.05. The van der Waals surface area contributed by atoms with E-state index in [0.29, 0.717) is 0 Å². The summed E-state index contributed by atoms with van der Waals surface area (Å²) < 4.78 is 0. The molecule has 0 atom stereocenters. The lowest BCUT2D eigenvalue weighted by molar-refractivity contribution is 0.370. The molecule has 13 heavy (non-hydrogen) atoms. The molecular formula is C9H20N4. The van der Waals surface area contributed by atoms with Crippen molar-refractivity contribution in [3.63, 3.8) is 0 Å². The highest BCUT2D eigenvalue weighted by molar-refractivity contribution is 5.52. The maximum Gasteiger partial charge on any atom is 0.0215 e. The first kappa shape index (κ1) is 12.1. The van der Waals surface area contributed by atoms with E-state index in [1.165, 1.54) is 0 Å². The number of hydrazone groups is 1. The third-order valence-electron chi connectivity index (χ3n) is 1.56. The van der Waals surface area contributed by atoms with Gasteiger partial charge >= 0.3 is 0 Å². The zero-order chi connectivity index (χ0) is 9.94. The fourth-order valence-electron chi connectivity index (χ4n) is 0.797. The Bertz CT molecular complexity index is 154. The van der Waals surface area contributed by atoms with Crippen LogP contribution < -0.4 is 10.7 Å². The van der Waals surface area contributed by atoms with Crippen LogP contribution in [0.25, 0.3) is 0 Å². The zero-order valence-electron chi connectivity index (χ0n) is 8.75. The Balaban J connectivity index is 3.34. The molecule has 0 saturated heterocycles. The van der Waals surface area contributed by atoms with Crippen LogP contribution >= 0.6 is 0 Å². The first-order valence-corrected chi connectivity index (χ1v) is 4.52. The molecule has 0 aromatic carbocycles. The van der Waals surface area contributed by atoms with E-state index in [9.17, 15) is 0 Å². The van der Waals surface area contributed by atoms with E-state index in [1.54, 1.807) is 6.21 Å². The number of nitrogens with zero attached hydrogens (tertiary/aromatic N) is 2. The summed E-state index contributed by atoms with van der Waals surface area (Å²) in [6.45, 7) is 4.89. The van der Waals surface area contributed by atoms with Gasteiger partial charge in [0, 0.05) is 32.0 Å². The summed E-state index contributed by atoms with van der Waals surface area (Å²) in [6, 6.07) is 0. The van der Waals surface area contributed by atoms with E-state index in [4.69, 9.17) is 0 Å². The Kier molecular flexibility index (Phi) is 8.60. The molecule has 0 aromatic heterocycles. The molecule has 0 aliphatic heterocycles. The predicted molar refractivity (Wildman–Crippen MR) is 57.9 cm³/mol. The first-order valence-electron chi connectivity index (χ1n) is 4.52. The van der Waals surface area contributed by atoms with E-state index in [1.807, 2.05) is 26.2 Å². The summed E-state index contributed by atoms with van der Waals surface area (Å²) in [5, 5.41) is 6.94. The van der Waals surface area contributed by atoms with Gasteiger partial charge in [-0.2, -0.15) is 5.10 Å². The number of nitrogens with one attached hydrogen (secondary N) is 2. The fraction of sp³-hybridized carbons (Fsp3) is 0.667. The standard InChI is InChI=1S/C9H20N4/c1-4-11-12-6-5-8-13(3)9-7-10-2/h4-6,10,12H,7-9H2,1-3H3/b6-5+,11-4+. The van der Waals surface area contributed by atoms with E-state index in [0.717, 1.165) is 19.6 Å².